The van der Waals surface area contributed by atoms with Gasteiger partial charge in [-0.05, 0) is 128 Å². The van der Waals surface area contributed by atoms with E-state index >= 15 is 0 Å². The van der Waals surface area contributed by atoms with E-state index in [1.807, 2.05) is 26.1 Å². The summed E-state index contributed by atoms with van der Waals surface area (Å²) in [5.74, 6) is 0. The number of rotatable bonds is 6. The van der Waals surface area contributed by atoms with E-state index in [9.17, 15) is 0 Å². The molecule has 4 aromatic rings. The van der Waals surface area contributed by atoms with Crippen molar-refractivity contribution in [1.82, 2.24) is 9.88 Å². The summed E-state index contributed by atoms with van der Waals surface area (Å²) < 4.78 is 2.41. The van der Waals surface area contributed by atoms with Crippen LogP contribution in [0, 0.1) is 0 Å². The molecule has 1 unspecified atom stereocenters. The zero-order valence-corrected chi connectivity index (χ0v) is 23.7. The number of para-hydroxylation sites is 1. The van der Waals surface area contributed by atoms with Gasteiger partial charge in [-0.15, -0.1) is 5.73 Å². The van der Waals surface area contributed by atoms with Crippen LogP contribution >= 0.6 is 0 Å². The standard InChI is InChI=1S/C38H36N2/c1-5-6-12-27(2)35-26-31(23-24-38(35,3)39-4)29-19-17-28(18-20-29)30-21-22-37-34(25-30)33-15-10-11-16-36(33)40(37)32-13-8-7-9-14-32/h5,7-9,11-14,16-23,25-26,39H,2,10,15,24H2,1,3-4H3. The predicted molar refractivity (Wildman–Crippen MR) is 172 cm³/mol. The van der Waals surface area contributed by atoms with Gasteiger partial charge in [-0.3, -0.25) is 0 Å². The number of allylic oxidation sites excluding steroid dienone is 4. The van der Waals surface area contributed by atoms with Gasteiger partial charge in [-0.1, -0.05) is 67.3 Å². The van der Waals surface area contributed by atoms with Crippen LogP contribution in [0.15, 0.2) is 127 Å². The molecule has 6 rings (SSSR count). The molecule has 0 saturated heterocycles. The van der Waals surface area contributed by atoms with Crippen molar-refractivity contribution >= 4 is 22.6 Å². The lowest BCUT2D eigenvalue weighted by molar-refractivity contribution is 0.460. The van der Waals surface area contributed by atoms with Crippen molar-refractivity contribution in [2.75, 3.05) is 7.05 Å². The fourth-order valence-corrected chi connectivity index (χ4v) is 6.07. The molecule has 0 saturated carbocycles. The van der Waals surface area contributed by atoms with Crippen LogP contribution in [0.25, 0.3) is 39.4 Å². The van der Waals surface area contributed by atoms with Crippen molar-refractivity contribution in [3.05, 3.63) is 143 Å². The summed E-state index contributed by atoms with van der Waals surface area (Å²) in [6.07, 6.45) is 16.2. The van der Waals surface area contributed by atoms with E-state index in [1.165, 1.54) is 55.7 Å². The number of aromatic nitrogens is 1. The van der Waals surface area contributed by atoms with Gasteiger partial charge in [0.2, 0.25) is 0 Å². The number of hydrogen-bond acceptors (Lipinski definition) is 1. The predicted octanol–water partition coefficient (Wildman–Crippen LogP) is 9.24. The summed E-state index contributed by atoms with van der Waals surface area (Å²) in [5.41, 5.74) is 15.4. The third kappa shape index (κ3) is 4.56. The quantitative estimate of drug-likeness (QED) is 0.198. The van der Waals surface area contributed by atoms with Crippen molar-refractivity contribution in [2.45, 2.75) is 38.6 Å². The molecule has 2 nitrogen and oxygen atoms in total. The first kappa shape index (κ1) is 25.9. The summed E-state index contributed by atoms with van der Waals surface area (Å²) in [7, 11) is 2.02. The van der Waals surface area contributed by atoms with Crippen LogP contribution in [-0.4, -0.2) is 17.2 Å². The highest BCUT2D eigenvalue weighted by atomic mass is 15.0. The number of likely N-dealkylation sites (N-methyl/N-ethyl adjacent to an activating group) is 1. The Bertz CT molecular complexity index is 1750. The van der Waals surface area contributed by atoms with E-state index in [-0.39, 0.29) is 5.54 Å². The molecule has 198 valence electrons. The van der Waals surface area contributed by atoms with Crippen LogP contribution in [0.2, 0.25) is 0 Å². The third-order valence-corrected chi connectivity index (χ3v) is 8.46. The molecule has 0 fully saturated rings. The second-order valence-corrected chi connectivity index (χ2v) is 10.9. The number of nitrogens with one attached hydrogen (secondary N) is 1. The fraction of sp³-hybridized carbons (Fsp3) is 0.184. The maximum absolute atomic E-state index is 4.34. The molecule has 0 spiro atoms. The van der Waals surface area contributed by atoms with Crippen LogP contribution in [0.1, 0.15) is 43.5 Å². The molecule has 0 bridgehead atoms. The summed E-state index contributed by atoms with van der Waals surface area (Å²) in [4.78, 5) is 0. The lowest BCUT2D eigenvalue weighted by Gasteiger charge is -2.35. The molecule has 40 heavy (non-hydrogen) atoms. The molecule has 0 radical (unpaired) electrons. The molecular weight excluding hydrogens is 484 g/mol. The van der Waals surface area contributed by atoms with Gasteiger partial charge in [0.1, 0.15) is 0 Å². The lowest BCUT2D eigenvalue weighted by Crippen LogP contribution is -2.42. The molecule has 1 aromatic heterocycles. The smallest absolute Gasteiger partial charge is 0.0538 e. The summed E-state index contributed by atoms with van der Waals surface area (Å²) in [6, 6.07) is 26.6. The third-order valence-electron chi connectivity index (χ3n) is 8.46. The van der Waals surface area contributed by atoms with Crippen LogP contribution < -0.4 is 5.32 Å². The van der Waals surface area contributed by atoms with Crippen molar-refractivity contribution < 1.29 is 0 Å². The van der Waals surface area contributed by atoms with Gasteiger partial charge in [0, 0.05) is 22.3 Å². The van der Waals surface area contributed by atoms with Crippen molar-refractivity contribution in [3.8, 4) is 16.8 Å². The SMILES string of the molecule is C=C(C=C=CC)C1=CC(c2ccc(-c3ccc4c(c3)c3c(n4-c4ccccc4)C=CCC3)cc2)=CCC1(C)NC. The Labute approximate surface area is 238 Å². The van der Waals surface area contributed by atoms with Crippen molar-refractivity contribution in [1.29, 1.82) is 0 Å². The van der Waals surface area contributed by atoms with Crippen LogP contribution in [0.4, 0.5) is 0 Å². The maximum Gasteiger partial charge on any atom is 0.0538 e. The average Bonchev–Trinajstić information content (AvgIpc) is 3.34. The second-order valence-electron chi connectivity index (χ2n) is 10.9. The van der Waals surface area contributed by atoms with E-state index in [2.05, 4.69) is 126 Å². The zero-order valence-electron chi connectivity index (χ0n) is 23.7. The van der Waals surface area contributed by atoms with Gasteiger partial charge in [0.05, 0.1) is 5.52 Å². The lowest BCUT2D eigenvalue weighted by atomic mass is 9.78. The summed E-state index contributed by atoms with van der Waals surface area (Å²) in [6.45, 7) is 8.55. The highest BCUT2D eigenvalue weighted by Crippen LogP contribution is 2.38. The molecule has 1 N–H and O–H groups in total. The molecule has 2 heteroatoms. The van der Waals surface area contributed by atoms with E-state index in [0.29, 0.717) is 0 Å². The molecule has 1 heterocycles. The van der Waals surface area contributed by atoms with Gasteiger partial charge in [0.15, 0.2) is 0 Å². The molecule has 1 atom stereocenters. The van der Waals surface area contributed by atoms with Crippen LogP contribution in [0.5, 0.6) is 0 Å². The summed E-state index contributed by atoms with van der Waals surface area (Å²) in [5, 5.41) is 4.85. The molecule has 2 aliphatic rings. The Morgan fingerprint density at radius 1 is 1.00 bits per heavy atom. The minimum atomic E-state index is -0.146. The fourth-order valence-electron chi connectivity index (χ4n) is 6.07. The van der Waals surface area contributed by atoms with E-state index < -0.39 is 0 Å². The van der Waals surface area contributed by atoms with Crippen LogP contribution in [0.3, 0.4) is 0 Å². The molecule has 2 aliphatic carbocycles. The Kier molecular flexibility index (Phi) is 6.90. The zero-order chi connectivity index (χ0) is 27.7. The van der Waals surface area contributed by atoms with Gasteiger partial charge in [-0.25, -0.2) is 0 Å². The number of nitrogens with zero attached hydrogens (tertiary/aromatic N) is 1. The van der Waals surface area contributed by atoms with Crippen molar-refractivity contribution in [2.24, 2.45) is 0 Å². The Morgan fingerprint density at radius 2 is 1.75 bits per heavy atom. The monoisotopic (exact) mass is 520 g/mol. The van der Waals surface area contributed by atoms with Crippen molar-refractivity contribution in [3.63, 3.8) is 0 Å². The molecule has 3 aromatic carbocycles. The van der Waals surface area contributed by atoms with Gasteiger partial charge in [0.25, 0.3) is 0 Å². The minimum absolute atomic E-state index is 0.146. The number of hydrogen-bond donors (Lipinski definition) is 1. The van der Waals surface area contributed by atoms with Crippen LogP contribution in [-0.2, 0) is 6.42 Å². The average molecular weight is 521 g/mol. The minimum Gasteiger partial charge on any atom is -0.310 e. The largest absolute Gasteiger partial charge is 0.310 e. The van der Waals surface area contributed by atoms with Gasteiger partial charge < -0.3 is 9.88 Å². The first-order valence-corrected chi connectivity index (χ1v) is 14.2. The first-order valence-electron chi connectivity index (χ1n) is 14.2. The van der Waals surface area contributed by atoms with Gasteiger partial charge >= 0.3 is 0 Å². The number of fused-ring (bicyclic) bond motifs is 3. The van der Waals surface area contributed by atoms with E-state index in [4.69, 9.17) is 0 Å². The topological polar surface area (TPSA) is 17.0 Å². The Balaban J connectivity index is 1.36. The molecule has 0 aliphatic heterocycles. The second kappa shape index (κ2) is 10.7. The Morgan fingerprint density at radius 3 is 2.50 bits per heavy atom. The maximum atomic E-state index is 4.34. The highest BCUT2D eigenvalue weighted by Gasteiger charge is 2.30. The summed E-state index contributed by atoms with van der Waals surface area (Å²) >= 11 is 0. The highest BCUT2D eigenvalue weighted by molar-refractivity contribution is 5.94. The van der Waals surface area contributed by atoms with Gasteiger partial charge in [-0.2, -0.15) is 0 Å². The first-order chi connectivity index (χ1) is 19.5. The van der Waals surface area contributed by atoms with E-state index in [0.717, 1.165) is 24.8 Å². The van der Waals surface area contributed by atoms with E-state index in [1.54, 1.807) is 0 Å². The normalized spacial score (nSPS) is 18.0. The molecule has 0 amide bonds. The molecular formula is C38H36N2. The Hall–Kier alpha value is -4.36. The number of benzene rings is 3. The number of aryl methyl sites for hydroxylation is 1.